The quantitative estimate of drug-likeness (QED) is 0.357. The molecule has 0 bridgehead atoms. The third-order valence-corrected chi connectivity index (χ3v) is 4.93. The Morgan fingerprint density at radius 3 is 2.52 bits per heavy atom. The molecule has 1 heterocycles. The minimum Gasteiger partial charge on any atom is -0.267 e. The molecule has 1 N–H and O–H groups in total. The first-order chi connectivity index (χ1) is 14.1. The molecule has 4 rings (SSSR count). The zero-order valence-corrected chi connectivity index (χ0v) is 16.5. The Labute approximate surface area is 173 Å². The smallest absolute Gasteiger partial charge is 0.267 e. The van der Waals surface area contributed by atoms with E-state index in [1.807, 2.05) is 73.7 Å². The van der Waals surface area contributed by atoms with Gasteiger partial charge in [0, 0.05) is 21.5 Å². The number of carbonyl (C=O) groups is 1. The van der Waals surface area contributed by atoms with Crippen molar-refractivity contribution in [3.63, 3.8) is 0 Å². The molecule has 0 aliphatic heterocycles. The van der Waals surface area contributed by atoms with Gasteiger partial charge >= 0.3 is 0 Å². The van der Waals surface area contributed by atoms with Crippen molar-refractivity contribution in [2.24, 2.45) is 5.10 Å². The van der Waals surface area contributed by atoms with Crippen molar-refractivity contribution >= 4 is 34.6 Å². The lowest BCUT2D eigenvalue weighted by Gasteiger charge is -2.09. The van der Waals surface area contributed by atoms with Gasteiger partial charge in [-0.3, -0.25) is 4.79 Å². The maximum Gasteiger partial charge on any atom is 0.272 e. The highest BCUT2D eigenvalue weighted by Crippen LogP contribution is 2.25. The van der Waals surface area contributed by atoms with Crippen LogP contribution in [0.5, 0.6) is 0 Å². The number of hydrogen-bond acceptors (Lipinski definition) is 3. The van der Waals surface area contributed by atoms with Crippen molar-refractivity contribution in [2.75, 3.05) is 0 Å². The highest BCUT2D eigenvalue weighted by molar-refractivity contribution is 6.33. The van der Waals surface area contributed by atoms with Crippen LogP contribution in [-0.4, -0.2) is 17.1 Å². The number of hydrazone groups is 1. The summed E-state index contributed by atoms with van der Waals surface area (Å²) in [4.78, 5) is 17.6. The molecule has 0 saturated heterocycles. The van der Waals surface area contributed by atoms with E-state index in [0.29, 0.717) is 10.6 Å². The van der Waals surface area contributed by atoms with Gasteiger partial charge in [-0.2, -0.15) is 5.10 Å². The molecule has 5 heteroatoms. The second-order valence-electron chi connectivity index (χ2n) is 6.66. The molecule has 0 radical (unpaired) electrons. The fourth-order valence-electron chi connectivity index (χ4n) is 3.04. The number of rotatable bonds is 4. The van der Waals surface area contributed by atoms with Gasteiger partial charge in [0.2, 0.25) is 0 Å². The molecule has 4 aromatic rings. The molecular weight excluding hydrogens is 382 g/mol. The van der Waals surface area contributed by atoms with Gasteiger partial charge in [-0.05, 0) is 25.1 Å². The minimum absolute atomic E-state index is 0.305. The number of para-hydroxylation sites is 1. The normalized spacial score (nSPS) is 11.1. The van der Waals surface area contributed by atoms with Crippen LogP contribution in [0.1, 0.15) is 21.5 Å². The highest BCUT2D eigenvalue weighted by Gasteiger charge is 2.13. The first-order valence-electron chi connectivity index (χ1n) is 9.16. The van der Waals surface area contributed by atoms with Crippen LogP contribution in [0.15, 0.2) is 84.0 Å². The van der Waals surface area contributed by atoms with Gasteiger partial charge in [0.1, 0.15) is 0 Å². The van der Waals surface area contributed by atoms with Crippen LogP contribution in [0.25, 0.3) is 22.2 Å². The zero-order chi connectivity index (χ0) is 20.2. The minimum atomic E-state index is -0.305. The predicted molar refractivity (Wildman–Crippen MR) is 118 cm³/mol. The Kier molecular flexibility index (Phi) is 5.36. The van der Waals surface area contributed by atoms with E-state index in [2.05, 4.69) is 10.5 Å². The number of nitrogens with zero attached hydrogens (tertiary/aromatic N) is 2. The molecule has 3 aromatic carbocycles. The standard InChI is InChI=1S/C24H18ClN3O/c1-16-10-12-17(13-11-16)23-14-20(19-7-3-5-9-22(19)27-23)24(29)28-26-15-18-6-2-4-8-21(18)25/h2-15H,1H3,(H,28,29)/b26-15+. The van der Waals surface area contributed by atoms with Crippen LogP contribution in [-0.2, 0) is 0 Å². The number of halogens is 1. The van der Waals surface area contributed by atoms with E-state index in [1.54, 1.807) is 12.1 Å². The molecule has 29 heavy (non-hydrogen) atoms. The van der Waals surface area contributed by atoms with Crippen molar-refractivity contribution in [2.45, 2.75) is 6.92 Å². The fourth-order valence-corrected chi connectivity index (χ4v) is 3.22. The average molecular weight is 400 g/mol. The Morgan fingerprint density at radius 1 is 1.00 bits per heavy atom. The summed E-state index contributed by atoms with van der Waals surface area (Å²) >= 11 is 6.12. The summed E-state index contributed by atoms with van der Waals surface area (Å²) in [6, 6.07) is 24.7. The van der Waals surface area contributed by atoms with Gasteiger partial charge in [-0.1, -0.05) is 77.8 Å². The summed E-state index contributed by atoms with van der Waals surface area (Å²) in [5.41, 5.74) is 7.46. The molecule has 142 valence electrons. The predicted octanol–water partition coefficient (Wildman–Crippen LogP) is 5.63. The van der Waals surface area contributed by atoms with Crippen molar-refractivity contribution in [3.05, 3.63) is 101 Å². The molecule has 0 unspecified atom stereocenters. The first-order valence-corrected chi connectivity index (χ1v) is 9.54. The van der Waals surface area contributed by atoms with Crippen LogP contribution < -0.4 is 5.43 Å². The molecule has 0 aliphatic rings. The Hall–Kier alpha value is -3.50. The molecule has 0 aliphatic carbocycles. The van der Waals surface area contributed by atoms with Crippen molar-refractivity contribution < 1.29 is 4.79 Å². The number of fused-ring (bicyclic) bond motifs is 1. The number of carbonyl (C=O) groups excluding carboxylic acids is 1. The van der Waals surface area contributed by atoms with Crippen LogP contribution in [0.2, 0.25) is 5.02 Å². The summed E-state index contributed by atoms with van der Waals surface area (Å²) in [6.45, 7) is 2.04. The lowest BCUT2D eigenvalue weighted by atomic mass is 10.0. The summed E-state index contributed by atoms with van der Waals surface area (Å²) < 4.78 is 0. The largest absolute Gasteiger partial charge is 0.272 e. The van der Waals surface area contributed by atoms with Crippen molar-refractivity contribution in [1.82, 2.24) is 10.4 Å². The molecule has 0 atom stereocenters. The maximum absolute atomic E-state index is 12.9. The second kappa shape index (κ2) is 8.25. The summed E-state index contributed by atoms with van der Waals surface area (Å²) in [7, 11) is 0. The summed E-state index contributed by atoms with van der Waals surface area (Å²) in [6.07, 6.45) is 1.53. The van der Waals surface area contributed by atoms with E-state index in [9.17, 15) is 4.79 Å². The topological polar surface area (TPSA) is 54.4 Å². The summed E-state index contributed by atoms with van der Waals surface area (Å²) in [5.74, 6) is -0.305. The van der Waals surface area contributed by atoms with Crippen LogP contribution in [0.3, 0.4) is 0 Å². The number of pyridine rings is 1. The lowest BCUT2D eigenvalue weighted by molar-refractivity contribution is 0.0956. The monoisotopic (exact) mass is 399 g/mol. The van der Waals surface area contributed by atoms with Crippen LogP contribution in [0, 0.1) is 6.92 Å². The number of aromatic nitrogens is 1. The number of benzene rings is 3. The van der Waals surface area contributed by atoms with E-state index in [1.165, 1.54) is 11.8 Å². The van der Waals surface area contributed by atoms with Crippen LogP contribution >= 0.6 is 11.6 Å². The molecule has 4 nitrogen and oxygen atoms in total. The van der Waals surface area contributed by atoms with E-state index in [-0.39, 0.29) is 5.91 Å². The number of aryl methyl sites for hydroxylation is 1. The SMILES string of the molecule is Cc1ccc(-c2cc(C(=O)N/N=C/c3ccccc3Cl)c3ccccc3n2)cc1. The van der Waals surface area contributed by atoms with E-state index in [0.717, 1.165) is 27.7 Å². The number of amides is 1. The Bertz CT molecular complexity index is 1220. The molecule has 0 spiro atoms. The van der Waals surface area contributed by atoms with E-state index in [4.69, 9.17) is 16.6 Å². The molecule has 1 aromatic heterocycles. The number of hydrogen-bond donors (Lipinski definition) is 1. The zero-order valence-electron chi connectivity index (χ0n) is 15.8. The Balaban J connectivity index is 1.69. The second-order valence-corrected chi connectivity index (χ2v) is 7.07. The van der Waals surface area contributed by atoms with Gasteiger partial charge in [0.15, 0.2) is 0 Å². The first kappa shape index (κ1) is 18.8. The third kappa shape index (κ3) is 4.18. The van der Waals surface area contributed by atoms with Crippen molar-refractivity contribution in [3.8, 4) is 11.3 Å². The third-order valence-electron chi connectivity index (χ3n) is 4.58. The van der Waals surface area contributed by atoms with E-state index < -0.39 is 0 Å². The fraction of sp³-hybridized carbons (Fsp3) is 0.0417. The molecule has 0 saturated carbocycles. The van der Waals surface area contributed by atoms with Gasteiger partial charge < -0.3 is 0 Å². The average Bonchev–Trinajstić information content (AvgIpc) is 2.74. The van der Waals surface area contributed by atoms with Crippen LogP contribution in [0.4, 0.5) is 0 Å². The molecular formula is C24H18ClN3O. The summed E-state index contributed by atoms with van der Waals surface area (Å²) in [5, 5.41) is 5.41. The molecule has 0 fully saturated rings. The lowest BCUT2D eigenvalue weighted by Crippen LogP contribution is -2.18. The van der Waals surface area contributed by atoms with E-state index >= 15 is 0 Å². The molecule has 1 amide bonds. The van der Waals surface area contributed by atoms with Gasteiger partial charge in [0.25, 0.3) is 5.91 Å². The van der Waals surface area contributed by atoms with Gasteiger partial charge in [-0.25, -0.2) is 10.4 Å². The number of nitrogens with one attached hydrogen (secondary N) is 1. The van der Waals surface area contributed by atoms with Gasteiger partial charge in [0.05, 0.1) is 23.0 Å². The highest BCUT2D eigenvalue weighted by atomic mass is 35.5. The Morgan fingerprint density at radius 2 is 1.72 bits per heavy atom. The maximum atomic E-state index is 12.9. The van der Waals surface area contributed by atoms with Crippen molar-refractivity contribution in [1.29, 1.82) is 0 Å². The van der Waals surface area contributed by atoms with Gasteiger partial charge in [-0.15, -0.1) is 0 Å².